The van der Waals surface area contributed by atoms with Crippen LogP contribution in [0.2, 0.25) is 0 Å². The minimum absolute atomic E-state index is 0.0851. The first kappa shape index (κ1) is 29.2. The number of anilines is 6. The minimum Gasteiger partial charge on any atom is -0.399 e. The van der Waals surface area contributed by atoms with E-state index in [-0.39, 0.29) is 11.8 Å². The number of alkyl halides is 1. The molecule has 0 aliphatic rings. The molecular weight excluding hydrogens is 684 g/mol. The number of nitrogens with two attached hydrogens (primary N) is 1. The number of nitrogen functional groups attached to an aromatic ring is 1. The molecule has 0 atom stereocenters. The molecule has 0 radical (unpaired) electrons. The zero-order valence-corrected chi connectivity index (χ0v) is 25.8. The molecule has 12 heteroatoms. The molecule has 0 fully saturated rings. The van der Waals surface area contributed by atoms with Crippen molar-refractivity contribution in [2.45, 2.75) is 0 Å². The molecule has 4 aromatic carbocycles. The normalized spacial score (nSPS) is 10.5. The highest BCUT2D eigenvalue weighted by Gasteiger charge is 2.07. The number of aromatic nitrogens is 4. The summed E-state index contributed by atoms with van der Waals surface area (Å²) >= 11 is 12.3. The van der Waals surface area contributed by atoms with Crippen LogP contribution in [0.4, 0.5) is 34.4 Å². The SMILES string of the molecule is Nc1ccc2c(Nc3ccc(Br)cc3)ncnc2c1.O=C(CCl)Nc1ccc2c(Nc3ccc(Br)cc3)ncnc2c1. The summed E-state index contributed by atoms with van der Waals surface area (Å²) < 4.78 is 2.05. The lowest BCUT2D eigenvalue weighted by atomic mass is 10.2. The molecule has 2 aromatic heterocycles. The average Bonchev–Trinajstić information content (AvgIpc) is 3.00. The monoisotopic (exact) mass is 704 g/mol. The van der Waals surface area contributed by atoms with Gasteiger partial charge in [0.15, 0.2) is 0 Å². The number of carbonyl (C=O) groups is 1. The topological polar surface area (TPSA) is 131 Å². The number of hydrogen-bond donors (Lipinski definition) is 4. The van der Waals surface area contributed by atoms with Crippen LogP contribution in [-0.2, 0) is 4.79 Å². The predicted molar refractivity (Wildman–Crippen MR) is 178 cm³/mol. The summed E-state index contributed by atoms with van der Waals surface area (Å²) in [6.07, 6.45) is 3.01. The van der Waals surface area contributed by atoms with Gasteiger partial charge in [-0.1, -0.05) is 31.9 Å². The van der Waals surface area contributed by atoms with Crippen LogP contribution in [0.1, 0.15) is 0 Å². The predicted octanol–water partition coefficient (Wildman–Crippen LogP) is 8.03. The van der Waals surface area contributed by atoms with E-state index in [0.29, 0.717) is 17.2 Å². The molecule has 210 valence electrons. The maximum atomic E-state index is 11.4. The van der Waals surface area contributed by atoms with Gasteiger partial charge in [0, 0.05) is 42.5 Å². The van der Waals surface area contributed by atoms with Crippen LogP contribution in [0.3, 0.4) is 0 Å². The van der Waals surface area contributed by atoms with E-state index in [2.05, 4.69) is 67.7 Å². The van der Waals surface area contributed by atoms with Crippen LogP contribution in [0.5, 0.6) is 0 Å². The van der Waals surface area contributed by atoms with Crippen molar-refractivity contribution in [1.29, 1.82) is 0 Å². The van der Waals surface area contributed by atoms with Crippen molar-refractivity contribution in [3.8, 4) is 0 Å². The van der Waals surface area contributed by atoms with Crippen LogP contribution in [0.15, 0.2) is 107 Å². The number of amides is 1. The number of benzene rings is 4. The molecule has 6 aromatic rings. The molecule has 0 saturated heterocycles. The lowest BCUT2D eigenvalue weighted by molar-refractivity contribution is -0.113. The Labute approximate surface area is 263 Å². The Morgan fingerprint density at radius 1 is 0.667 bits per heavy atom. The summed E-state index contributed by atoms with van der Waals surface area (Å²) in [5.41, 5.74) is 10.6. The van der Waals surface area contributed by atoms with Crippen molar-refractivity contribution in [3.05, 3.63) is 107 Å². The maximum absolute atomic E-state index is 11.4. The standard InChI is InChI=1S/C16H12BrClN4O.C14H11BrN4/c17-10-1-3-11(4-2-10)22-16-13-6-5-12(21-15(23)8-18)7-14(13)19-9-20-16;15-9-1-4-11(5-2-9)19-14-12-6-3-10(16)7-13(12)17-8-18-14/h1-7,9H,8H2,(H,21,23)(H,19,20,22);1-8H,16H2,(H,17,18,19). The van der Waals surface area contributed by atoms with Crippen LogP contribution in [-0.4, -0.2) is 31.7 Å². The molecule has 6 rings (SSSR count). The average molecular weight is 707 g/mol. The van der Waals surface area contributed by atoms with Gasteiger partial charge in [-0.2, -0.15) is 0 Å². The first-order chi connectivity index (χ1) is 20.4. The molecule has 0 aliphatic carbocycles. The van der Waals surface area contributed by atoms with E-state index < -0.39 is 0 Å². The Bertz CT molecular complexity index is 1850. The van der Waals surface area contributed by atoms with Gasteiger partial charge in [0.25, 0.3) is 0 Å². The molecule has 0 bridgehead atoms. The van der Waals surface area contributed by atoms with Crippen molar-refractivity contribution in [2.75, 3.05) is 27.6 Å². The van der Waals surface area contributed by atoms with Crippen molar-refractivity contribution in [1.82, 2.24) is 19.9 Å². The molecule has 0 spiro atoms. The highest BCUT2D eigenvalue weighted by atomic mass is 79.9. The van der Waals surface area contributed by atoms with Gasteiger partial charge >= 0.3 is 0 Å². The smallest absolute Gasteiger partial charge is 0.239 e. The van der Waals surface area contributed by atoms with E-state index in [1.54, 1.807) is 12.1 Å². The second-order valence-corrected chi connectivity index (χ2v) is 11.0. The summed E-state index contributed by atoms with van der Waals surface area (Å²) in [6.45, 7) is 0. The quantitative estimate of drug-likeness (QED) is 0.101. The summed E-state index contributed by atoms with van der Waals surface area (Å²) in [5, 5.41) is 11.1. The number of halogens is 3. The fraction of sp³-hybridized carbons (Fsp3) is 0.0333. The van der Waals surface area contributed by atoms with E-state index >= 15 is 0 Å². The molecule has 2 heterocycles. The number of carbonyl (C=O) groups excluding carboxylic acids is 1. The van der Waals surface area contributed by atoms with Crippen LogP contribution < -0.4 is 21.7 Å². The molecule has 5 N–H and O–H groups in total. The fourth-order valence-corrected chi connectivity index (χ4v) is 4.54. The summed E-state index contributed by atoms with van der Waals surface area (Å²) in [6, 6.07) is 26.8. The van der Waals surface area contributed by atoms with E-state index in [9.17, 15) is 4.79 Å². The Morgan fingerprint density at radius 3 is 1.67 bits per heavy atom. The molecule has 42 heavy (non-hydrogen) atoms. The minimum atomic E-state index is -0.256. The summed E-state index contributed by atoms with van der Waals surface area (Å²) in [7, 11) is 0. The van der Waals surface area contributed by atoms with Gasteiger partial charge in [-0.3, -0.25) is 4.79 Å². The van der Waals surface area contributed by atoms with E-state index in [4.69, 9.17) is 17.3 Å². The van der Waals surface area contributed by atoms with E-state index in [1.807, 2.05) is 72.8 Å². The second-order valence-electron chi connectivity index (χ2n) is 8.90. The molecule has 0 aliphatic heterocycles. The number of nitrogens with zero attached hydrogens (tertiary/aromatic N) is 4. The van der Waals surface area contributed by atoms with Crippen molar-refractivity contribution in [2.24, 2.45) is 0 Å². The van der Waals surface area contributed by atoms with Gasteiger partial charge in [0.1, 0.15) is 30.2 Å². The molecular formula is C30H23Br2ClN8O. The molecule has 0 unspecified atom stereocenters. The van der Waals surface area contributed by atoms with Crippen LogP contribution >= 0.6 is 43.5 Å². The van der Waals surface area contributed by atoms with E-state index in [1.165, 1.54) is 12.7 Å². The first-order valence-electron chi connectivity index (χ1n) is 12.5. The van der Waals surface area contributed by atoms with Gasteiger partial charge in [-0.15, -0.1) is 11.6 Å². The molecule has 1 amide bonds. The lowest BCUT2D eigenvalue weighted by Gasteiger charge is -2.10. The fourth-order valence-electron chi connectivity index (χ4n) is 3.94. The highest BCUT2D eigenvalue weighted by molar-refractivity contribution is 9.10. The Morgan fingerprint density at radius 2 is 1.14 bits per heavy atom. The number of nitrogens with one attached hydrogen (secondary N) is 3. The van der Waals surface area contributed by atoms with Gasteiger partial charge in [-0.05, 0) is 84.9 Å². The Balaban J connectivity index is 0.000000171. The number of fused-ring (bicyclic) bond motifs is 2. The first-order valence-corrected chi connectivity index (χ1v) is 14.7. The Hall–Kier alpha value is -4.32. The van der Waals surface area contributed by atoms with Crippen molar-refractivity contribution >= 4 is 106 Å². The van der Waals surface area contributed by atoms with Gasteiger partial charge in [0.05, 0.1) is 11.0 Å². The largest absolute Gasteiger partial charge is 0.399 e. The third-order valence-electron chi connectivity index (χ3n) is 5.92. The van der Waals surface area contributed by atoms with Crippen molar-refractivity contribution < 1.29 is 4.79 Å². The number of hydrogen-bond acceptors (Lipinski definition) is 8. The summed E-state index contributed by atoms with van der Waals surface area (Å²) in [4.78, 5) is 28.4. The molecule has 9 nitrogen and oxygen atoms in total. The van der Waals surface area contributed by atoms with Gasteiger partial charge in [0.2, 0.25) is 5.91 Å². The lowest BCUT2D eigenvalue weighted by Crippen LogP contribution is -2.12. The third-order valence-corrected chi connectivity index (χ3v) is 7.22. The second kappa shape index (κ2) is 13.6. The third kappa shape index (κ3) is 7.49. The highest BCUT2D eigenvalue weighted by Crippen LogP contribution is 2.27. The van der Waals surface area contributed by atoms with Crippen LogP contribution in [0, 0.1) is 0 Å². The maximum Gasteiger partial charge on any atom is 0.239 e. The summed E-state index contributed by atoms with van der Waals surface area (Å²) in [5.74, 6) is 1.13. The molecule has 0 saturated carbocycles. The number of rotatable bonds is 6. The van der Waals surface area contributed by atoms with Gasteiger partial charge < -0.3 is 21.7 Å². The zero-order chi connectivity index (χ0) is 29.5. The van der Waals surface area contributed by atoms with Crippen molar-refractivity contribution in [3.63, 3.8) is 0 Å². The van der Waals surface area contributed by atoms with E-state index in [0.717, 1.165) is 47.9 Å². The zero-order valence-electron chi connectivity index (χ0n) is 21.9. The van der Waals surface area contributed by atoms with Gasteiger partial charge in [-0.25, -0.2) is 19.9 Å². The Kier molecular flexibility index (Phi) is 9.42. The van der Waals surface area contributed by atoms with Crippen LogP contribution in [0.25, 0.3) is 21.8 Å².